The van der Waals surface area contributed by atoms with Gasteiger partial charge in [0.05, 0.1) is 0 Å². The summed E-state index contributed by atoms with van der Waals surface area (Å²) in [5.74, 6) is 0.562. The zero-order chi connectivity index (χ0) is 13.8. The molecule has 1 saturated carbocycles. The normalized spacial score (nSPS) is 28.8. The SMILES string of the molecule is CC(C)CN1CC(CCC(=O)O)CC(NC2CC2)C1. The summed E-state index contributed by atoms with van der Waals surface area (Å²) in [5, 5.41) is 12.6. The standard InChI is InChI=1S/C15H28N2O2/c1-11(2)8-17-9-12(3-6-15(18)19)7-14(10-17)16-13-4-5-13/h11-14,16H,3-10H2,1-2H3,(H,18,19). The summed E-state index contributed by atoms with van der Waals surface area (Å²) >= 11 is 0. The molecule has 110 valence electrons. The zero-order valence-corrected chi connectivity index (χ0v) is 12.3. The molecule has 0 radical (unpaired) electrons. The molecule has 1 aliphatic heterocycles. The van der Waals surface area contributed by atoms with E-state index in [1.54, 1.807) is 0 Å². The maximum atomic E-state index is 10.7. The predicted molar refractivity (Wildman–Crippen MR) is 76.2 cm³/mol. The predicted octanol–water partition coefficient (Wildman–Crippen LogP) is 1.95. The molecule has 0 bridgehead atoms. The number of hydrogen-bond acceptors (Lipinski definition) is 3. The molecule has 0 aromatic carbocycles. The van der Waals surface area contributed by atoms with Crippen LogP contribution in [0.15, 0.2) is 0 Å². The first-order valence-electron chi connectivity index (χ1n) is 7.73. The number of rotatable bonds is 7. The van der Waals surface area contributed by atoms with Crippen LogP contribution in [0.1, 0.15) is 46.0 Å². The lowest BCUT2D eigenvalue weighted by Gasteiger charge is -2.39. The van der Waals surface area contributed by atoms with Crippen molar-refractivity contribution >= 4 is 5.97 Å². The molecule has 2 aliphatic rings. The summed E-state index contributed by atoms with van der Waals surface area (Å²) in [6.45, 7) is 7.85. The number of carbonyl (C=O) groups is 1. The van der Waals surface area contributed by atoms with E-state index in [9.17, 15) is 4.79 Å². The van der Waals surface area contributed by atoms with Crippen LogP contribution in [0.2, 0.25) is 0 Å². The topological polar surface area (TPSA) is 52.6 Å². The largest absolute Gasteiger partial charge is 0.481 e. The summed E-state index contributed by atoms with van der Waals surface area (Å²) < 4.78 is 0. The van der Waals surface area contributed by atoms with Gasteiger partial charge in [0.25, 0.3) is 0 Å². The number of aliphatic carboxylic acids is 1. The Morgan fingerprint density at radius 3 is 2.63 bits per heavy atom. The fourth-order valence-corrected chi connectivity index (χ4v) is 3.21. The highest BCUT2D eigenvalue weighted by Crippen LogP contribution is 2.26. The Morgan fingerprint density at radius 2 is 2.05 bits per heavy atom. The minimum atomic E-state index is -0.660. The van der Waals surface area contributed by atoms with Gasteiger partial charge in [0.2, 0.25) is 0 Å². The van der Waals surface area contributed by atoms with Crippen molar-refractivity contribution in [3.63, 3.8) is 0 Å². The van der Waals surface area contributed by atoms with Crippen LogP contribution < -0.4 is 5.32 Å². The molecule has 1 aliphatic carbocycles. The van der Waals surface area contributed by atoms with Gasteiger partial charge in [0.1, 0.15) is 0 Å². The molecule has 2 N–H and O–H groups in total. The molecule has 19 heavy (non-hydrogen) atoms. The minimum absolute atomic E-state index is 0.316. The number of nitrogens with one attached hydrogen (secondary N) is 1. The van der Waals surface area contributed by atoms with E-state index in [0.29, 0.717) is 24.3 Å². The van der Waals surface area contributed by atoms with Crippen molar-refractivity contribution in [2.75, 3.05) is 19.6 Å². The second-order valence-corrected chi connectivity index (χ2v) is 6.78. The third-order valence-corrected chi connectivity index (χ3v) is 4.05. The van der Waals surface area contributed by atoms with Crippen LogP contribution in [0, 0.1) is 11.8 Å². The summed E-state index contributed by atoms with van der Waals surface area (Å²) in [6, 6.07) is 1.31. The van der Waals surface area contributed by atoms with E-state index in [-0.39, 0.29) is 0 Å². The van der Waals surface area contributed by atoms with Crippen molar-refractivity contribution in [1.29, 1.82) is 0 Å². The van der Waals surface area contributed by atoms with E-state index < -0.39 is 5.97 Å². The highest BCUT2D eigenvalue weighted by molar-refractivity contribution is 5.66. The van der Waals surface area contributed by atoms with Gasteiger partial charge in [0, 0.05) is 38.1 Å². The van der Waals surface area contributed by atoms with Gasteiger partial charge in [-0.3, -0.25) is 4.79 Å². The van der Waals surface area contributed by atoms with Gasteiger partial charge in [0.15, 0.2) is 0 Å². The molecule has 2 fully saturated rings. The number of likely N-dealkylation sites (tertiary alicyclic amines) is 1. The van der Waals surface area contributed by atoms with E-state index in [1.807, 2.05) is 0 Å². The van der Waals surface area contributed by atoms with Gasteiger partial charge < -0.3 is 15.3 Å². The van der Waals surface area contributed by atoms with Crippen molar-refractivity contribution in [1.82, 2.24) is 10.2 Å². The summed E-state index contributed by atoms with van der Waals surface area (Å²) in [4.78, 5) is 13.3. The average Bonchev–Trinajstić information content (AvgIpc) is 3.09. The summed E-state index contributed by atoms with van der Waals surface area (Å²) in [5.41, 5.74) is 0. The molecule has 4 nitrogen and oxygen atoms in total. The Hall–Kier alpha value is -0.610. The molecule has 4 heteroatoms. The van der Waals surface area contributed by atoms with Crippen molar-refractivity contribution in [3.8, 4) is 0 Å². The molecule has 0 amide bonds. The van der Waals surface area contributed by atoms with Crippen molar-refractivity contribution < 1.29 is 9.90 Å². The number of carboxylic acids is 1. The van der Waals surface area contributed by atoms with E-state index in [4.69, 9.17) is 5.11 Å². The first-order chi connectivity index (χ1) is 9.02. The zero-order valence-electron chi connectivity index (χ0n) is 12.3. The minimum Gasteiger partial charge on any atom is -0.481 e. The van der Waals surface area contributed by atoms with Crippen LogP contribution in [0.5, 0.6) is 0 Å². The first-order valence-corrected chi connectivity index (χ1v) is 7.73. The van der Waals surface area contributed by atoms with Gasteiger partial charge >= 0.3 is 5.97 Å². The highest BCUT2D eigenvalue weighted by atomic mass is 16.4. The van der Waals surface area contributed by atoms with Crippen molar-refractivity contribution in [2.45, 2.75) is 58.0 Å². The molecule has 0 aromatic heterocycles. The number of piperidine rings is 1. The van der Waals surface area contributed by atoms with E-state index in [0.717, 1.165) is 38.5 Å². The lowest BCUT2D eigenvalue weighted by Crippen LogP contribution is -2.50. The van der Waals surface area contributed by atoms with Gasteiger partial charge in [-0.15, -0.1) is 0 Å². The fraction of sp³-hybridized carbons (Fsp3) is 0.933. The highest BCUT2D eigenvalue weighted by Gasteiger charge is 2.31. The lowest BCUT2D eigenvalue weighted by molar-refractivity contribution is -0.137. The smallest absolute Gasteiger partial charge is 0.303 e. The fourth-order valence-electron chi connectivity index (χ4n) is 3.21. The molecule has 2 unspecified atom stereocenters. The summed E-state index contributed by atoms with van der Waals surface area (Å²) in [6.07, 6.45) is 4.93. The van der Waals surface area contributed by atoms with E-state index in [2.05, 4.69) is 24.1 Å². The monoisotopic (exact) mass is 268 g/mol. The Morgan fingerprint density at radius 1 is 1.32 bits per heavy atom. The number of nitrogens with zero attached hydrogens (tertiary/aromatic N) is 1. The first kappa shape index (κ1) is 14.8. The van der Waals surface area contributed by atoms with Gasteiger partial charge in [-0.05, 0) is 37.5 Å². The molecule has 2 atom stereocenters. The van der Waals surface area contributed by atoms with Crippen LogP contribution in [0.4, 0.5) is 0 Å². The van der Waals surface area contributed by atoms with Crippen LogP contribution in [-0.2, 0) is 4.79 Å². The van der Waals surface area contributed by atoms with E-state index in [1.165, 1.54) is 12.8 Å². The van der Waals surface area contributed by atoms with E-state index >= 15 is 0 Å². The molecule has 2 rings (SSSR count). The maximum Gasteiger partial charge on any atom is 0.303 e. The number of hydrogen-bond donors (Lipinski definition) is 2. The quantitative estimate of drug-likeness (QED) is 0.741. The van der Waals surface area contributed by atoms with Crippen LogP contribution in [0.3, 0.4) is 0 Å². The van der Waals surface area contributed by atoms with Crippen molar-refractivity contribution in [3.05, 3.63) is 0 Å². The maximum absolute atomic E-state index is 10.7. The third-order valence-electron chi connectivity index (χ3n) is 4.05. The second-order valence-electron chi connectivity index (χ2n) is 6.78. The third kappa shape index (κ3) is 5.49. The molecule has 1 heterocycles. The average molecular weight is 268 g/mol. The number of carboxylic acid groups (broad SMARTS) is 1. The molecular weight excluding hydrogens is 240 g/mol. The summed E-state index contributed by atoms with van der Waals surface area (Å²) in [7, 11) is 0. The Kier molecular flexibility index (Phi) is 5.22. The molecular formula is C15H28N2O2. The van der Waals surface area contributed by atoms with Crippen LogP contribution >= 0.6 is 0 Å². The molecule has 0 spiro atoms. The Labute approximate surface area is 116 Å². The van der Waals surface area contributed by atoms with Crippen LogP contribution in [-0.4, -0.2) is 47.7 Å². The van der Waals surface area contributed by atoms with Crippen molar-refractivity contribution in [2.24, 2.45) is 11.8 Å². The van der Waals surface area contributed by atoms with Crippen LogP contribution in [0.25, 0.3) is 0 Å². The second kappa shape index (κ2) is 6.71. The molecule has 1 saturated heterocycles. The Balaban J connectivity index is 1.84. The van der Waals surface area contributed by atoms with Gasteiger partial charge in [-0.2, -0.15) is 0 Å². The lowest BCUT2D eigenvalue weighted by atomic mass is 9.89. The van der Waals surface area contributed by atoms with Gasteiger partial charge in [-0.1, -0.05) is 13.8 Å². The molecule has 0 aromatic rings. The van der Waals surface area contributed by atoms with Gasteiger partial charge in [-0.25, -0.2) is 0 Å². The Bertz CT molecular complexity index is 291.